The highest BCUT2D eigenvalue weighted by Crippen LogP contribution is 2.22. The first-order valence-electron chi connectivity index (χ1n) is 8.15. The molecule has 0 saturated carbocycles. The normalized spacial score (nSPS) is 11.6. The Morgan fingerprint density at radius 2 is 1.85 bits per heavy atom. The number of phenols is 1. The van der Waals surface area contributed by atoms with Gasteiger partial charge in [-0.2, -0.15) is 0 Å². The summed E-state index contributed by atoms with van der Waals surface area (Å²) in [4.78, 5) is 20.6. The Kier molecular flexibility index (Phi) is 5.43. The van der Waals surface area contributed by atoms with Gasteiger partial charge in [0.2, 0.25) is 0 Å². The number of carbonyl (C=O) groups is 1. The Morgan fingerprint density at radius 1 is 1.12 bits per heavy atom. The lowest BCUT2D eigenvalue weighted by Crippen LogP contribution is -2.33. The standard InChI is InChI=1S/C20H19N3O3/c1-26-20(25)18(11-14-5-3-2-4-6-14)23-19-12-17(21-13-22-19)15-7-9-16(24)10-8-15/h2-10,12-13,18,24H,11H2,1H3,(H,21,22,23). The molecule has 1 unspecified atom stereocenters. The molecule has 132 valence electrons. The van der Waals surface area contributed by atoms with Crippen molar-refractivity contribution in [3.63, 3.8) is 0 Å². The van der Waals surface area contributed by atoms with Crippen LogP contribution in [0.5, 0.6) is 5.75 Å². The number of esters is 1. The minimum atomic E-state index is -0.565. The molecular weight excluding hydrogens is 330 g/mol. The molecule has 0 bridgehead atoms. The van der Waals surface area contributed by atoms with Gasteiger partial charge in [0.05, 0.1) is 12.8 Å². The zero-order valence-electron chi connectivity index (χ0n) is 14.3. The Morgan fingerprint density at radius 3 is 2.54 bits per heavy atom. The van der Waals surface area contributed by atoms with Crippen LogP contribution in [0.25, 0.3) is 11.3 Å². The van der Waals surface area contributed by atoms with Crippen molar-refractivity contribution in [2.45, 2.75) is 12.5 Å². The molecule has 2 aromatic carbocycles. The van der Waals surface area contributed by atoms with Gasteiger partial charge in [-0.1, -0.05) is 30.3 Å². The number of phenolic OH excluding ortho intramolecular Hbond substituents is 1. The number of hydrogen-bond donors (Lipinski definition) is 2. The second kappa shape index (κ2) is 8.11. The summed E-state index contributed by atoms with van der Waals surface area (Å²) in [6.07, 6.45) is 1.91. The Hall–Kier alpha value is -3.41. The van der Waals surface area contributed by atoms with E-state index < -0.39 is 6.04 Å². The second-order valence-electron chi connectivity index (χ2n) is 5.75. The van der Waals surface area contributed by atoms with E-state index in [-0.39, 0.29) is 11.7 Å². The van der Waals surface area contributed by atoms with E-state index in [0.717, 1.165) is 11.1 Å². The van der Waals surface area contributed by atoms with E-state index in [1.165, 1.54) is 13.4 Å². The van der Waals surface area contributed by atoms with Crippen LogP contribution >= 0.6 is 0 Å². The topological polar surface area (TPSA) is 84.3 Å². The molecule has 0 saturated heterocycles. The highest BCUT2D eigenvalue weighted by Gasteiger charge is 2.20. The molecule has 0 aliphatic carbocycles. The average molecular weight is 349 g/mol. The van der Waals surface area contributed by atoms with E-state index in [2.05, 4.69) is 15.3 Å². The van der Waals surface area contributed by atoms with Gasteiger partial charge in [0.15, 0.2) is 0 Å². The SMILES string of the molecule is COC(=O)C(Cc1ccccc1)Nc1cc(-c2ccc(O)cc2)ncn1. The molecule has 1 atom stereocenters. The largest absolute Gasteiger partial charge is 0.508 e. The number of rotatable bonds is 6. The molecule has 26 heavy (non-hydrogen) atoms. The van der Waals surface area contributed by atoms with Gasteiger partial charge < -0.3 is 15.2 Å². The van der Waals surface area contributed by atoms with E-state index in [9.17, 15) is 9.90 Å². The number of aromatic nitrogens is 2. The van der Waals surface area contributed by atoms with Gasteiger partial charge in [0.25, 0.3) is 0 Å². The molecule has 6 heteroatoms. The van der Waals surface area contributed by atoms with Crippen molar-refractivity contribution in [2.24, 2.45) is 0 Å². The predicted molar refractivity (Wildman–Crippen MR) is 98.7 cm³/mol. The summed E-state index contributed by atoms with van der Waals surface area (Å²) in [5.41, 5.74) is 2.54. The smallest absolute Gasteiger partial charge is 0.328 e. The second-order valence-corrected chi connectivity index (χ2v) is 5.75. The van der Waals surface area contributed by atoms with Crippen LogP contribution in [0.1, 0.15) is 5.56 Å². The fraction of sp³-hybridized carbons (Fsp3) is 0.150. The third kappa shape index (κ3) is 4.36. The summed E-state index contributed by atoms with van der Waals surface area (Å²) in [5, 5.41) is 12.5. The molecule has 0 radical (unpaired) electrons. The number of nitrogens with zero attached hydrogens (tertiary/aromatic N) is 2. The zero-order chi connectivity index (χ0) is 18.4. The summed E-state index contributed by atoms with van der Waals surface area (Å²) in [6.45, 7) is 0. The van der Waals surface area contributed by atoms with Crippen molar-refractivity contribution < 1.29 is 14.6 Å². The van der Waals surface area contributed by atoms with Crippen LogP contribution in [0.3, 0.4) is 0 Å². The van der Waals surface area contributed by atoms with Gasteiger partial charge in [-0.15, -0.1) is 0 Å². The minimum Gasteiger partial charge on any atom is -0.508 e. The Bertz CT molecular complexity index is 867. The monoisotopic (exact) mass is 349 g/mol. The lowest BCUT2D eigenvalue weighted by molar-refractivity contribution is -0.141. The molecule has 1 aromatic heterocycles. The third-order valence-corrected chi connectivity index (χ3v) is 3.92. The lowest BCUT2D eigenvalue weighted by atomic mass is 10.1. The summed E-state index contributed by atoms with van der Waals surface area (Å²) in [5.74, 6) is 0.350. The van der Waals surface area contributed by atoms with Crippen molar-refractivity contribution in [1.29, 1.82) is 0 Å². The van der Waals surface area contributed by atoms with Crippen molar-refractivity contribution in [3.05, 3.63) is 72.6 Å². The van der Waals surface area contributed by atoms with Crippen molar-refractivity contribution in [2.75, 3.05) is 12.4 Å². The van der Waals surface area contributed by atoms with Crippen LogP contribution in [0.2, 0.25) is 0 Å². The van der Waals surface area contributed by atoms with Crippen LogP contribution < -0.4 is 5.32 Å². The lowest BCUT2D eigenvalue weighted by Gasteiger charge is -2.17. The molecule has 3 rings (SSSR count). The first kappa shape index (κ1) is 17.4. The fourth-order valence-electron chi connectivity index (χ4n) is 2.59. The number of methoxy groups -OCH3 is 1. The maximum absolute atomic E-state index is 12.2. The number of nitrogens with one attached hydrogen (secondary N) is 1. The number of anilines is 1. The van der Waals surface area contributed by atoms with Crippen LogP contribution in [0.15, 0.2) is 67.0 Å². The number of aromatic hydroxyl groups is 1. The van der Waals surface area contributed by atoms with Gasteiger partial charge in [0.1, 0.15) is 23.9 Å². The quantitative estimate of drug-likeness (QED) is 0.666. The molecule has 0 fully saturated rings. The van der Waals surface area contributed by atoms with E-state index in [1.54, 1.807) is 30.3 Å². The molecule has 3 aromatic rings. The number of carbonyl (C=O) groups excluding carboxylic acids is 1. The number of ether oxygens (including phenoxy) is 1. The van der Waals surface area contributed by atoms with E-state index in [0.29, 0.717) is 17.9 Å². The van der Waals surface area contributed by atoms with E-state index in [4.69, 9.17) is 4.74 Å². The Labute approximate surface area is 151 Å². The maximum Gasteiger partial charge on any atom is 0.328 e. The molecule has 1 heterocycles. The van der Waals surface area contributed by atoms with Crippen molar-refractivity contribution in [3.8, 4) is 17.0 Å². The van der Waals surface area contributed by atoms with Crippen molar-refractivity contribution in [1.82, 2.24) is 9.97 Å². The molecule has 0 aliphatic rings. The molecule has 0 spiro atoms. The fourth-order valence-corrected chi connectivity index (χ4v) is 2.59. The van der Waals surface area contributed by atoms with Crippen LogP contribution in [0, 0.1) is 0 Å². The molecular formula is C20H19N3O3. The highest BCUT2D eigenvalue weighted by atomic mass is 16.5. The van der Waals surface area contributed by atoms with Gasteiger partial charge in [-0.05, 0) is 29.8 Å². The van der Waals surface area contributed by atoms with Crippen LogP contribution in [-0.4, -0.2) is 34.2 Å². The summed E-state index contributed by atoms with van der Waals surface area (Å²) in [6, 6.07) is 17.6. The van der Waals surface area contributed by atoms with Crippen molar-refractivity contribution >= 4 is 11.8 Å². The number of hydrogen-bond acceptors (Lipinski definition) is 6. The van der Waals surface area contributed by atoms with E-state index >= 15 is 0 Å². The van der Waals surface area contributed by atoms with Gasteiger partial charge in [-0.25, -0.2) is 14.8 Å². The van der Waals surface area contributed by atoms with Gasteiger partial charge >= 0.3 is 5.97 Å². The molecule has 0 aliphatic heterocycles. The highest BCUT2D eigenvalue weighted by molar-refractivity contribution is 5.79. The molecule has 6 nitrogen and oxygen atoms in total. The zero-order valence-corrected chi connectivity index (χ0v) is 14.3. The summed E-state index contributed by atoms with van der Waals surface area (Å²) in [7, 11) is 1.36. The first-order valence-corrected chi connectivity index (χ1v) is 8.15. The van der Waals surface area contributed by atoms with Gasteiger partial charge in [0, 0.05) is 18.1 Å². The Balaban J connectivity index is 1.81. The van der Waals surface area contributed by atoms with Crippen LogP contribution in [0.4, 0.5) is 5.82 Å². The molecule has 0 amide bonds. The van der Waals surface area contributed by atoms with E-state index in [1.807, 2.05) is 30.3 Å². The van der Waals surface area contributed by atoms with Crippen LogP contribution in [-0.2, 0) is 16.0 Å². The summed E-state index contributed by atoms with van der Waals surface area (Å²) < 4.78 is 4.91. The minimum absolute atomic E-state index is 0.190. The average Bonchev–Trinajstić information content (AvgIpc) is 2.68. The predicted octanol–water partition coefficient (Wildman–Crippen LogP) is 3.05. The first-order chi connectivity index (χ1) is 12.7. The number of benzene rings is 2. The third-order valence-electron chi connectivity index (χ3n) is 3.92. The molecule has 2 N–H and O–H groups in total. The maximum atomic E-state index is 12.2. The summed E-state index contributed by atoms with van der Waals surface area (Å²) >= 11 is 0. The van der Waals surface area contributed by atoms with Gasteiger partial charge in [-0.3, -0.25) is 0 Å².